The summed E-state index contributed by atoms with van der Waals surface area (Å²) < 4.78 is 10.5. The lowest BCUT2D eigenvalue weighted by atomic mass is 10.0. The van der Waals surface area contributed by atoms with E-state index in [1.165, 1.54) is 0 Å². The number of ether oxygens (including phenoxy) is 2. The summed E-state index contributed by atoms with van der Waals surface area (Å²) in [4.78, 5) is 33.2. The predicted octanol–water partition coefficient (Wildman–Crippen LogP) is 2.40. The topological polar surface area (TPSA) is 65.6 Å². The summed E-state index contributed by atoms with van der Waals surface area (Å²) in [6.45, 7) is 11.8. The van der Waals surface area contributed by atoms with Gasteiger partial charge in [-0.05, 0) is 76.4 Å². The van der Waals surface area contributed by atoms with Crippen LogP contribution < -0.4 is 4.90 Å². The molecule has 0 atom stereocenters. The van der Waals surface area contributed by atoms with Crippen LogP contribution >= 0.6 is 24.4 Å². The summed E-state index contributed by atoms with van der Waals surface area (Å²) in [6, 6.07) is 5.31. The number of anilines is 1. The highest BCUT2D eigenvalue weighted by Gasteiger charge is 2.49. The highest BCUT2D eigenvalue weighted by Crippen LogP contribution is 2.34. The third-order valence-corrected chi connectivity index (χ3v) is 7.28. The van der Waals surface area contributed by atoms with Crippen LogP contribution in [-0.2, 0) is 20.9 Å². The molecule has 3 aliphatic rings. The number of piperazine rings is 1. The van der Waals surface area contributed by atoms with Crippen molar-refractivity contribution in [3.63, 3.8) is 0 Å². The van der Waals surface area contributed by atoms with Crippen molar-refractivity contribution in [3.05, 3.63) is 29.3 Å². The zero-order chi connectivity index (χ0) is 23.8. The van der Waals surface area contributed by atoms with Gasteiger partial charge in [0.1, 0.15) is 12.1 Å². The second-order valence-corrected chi connectivity index (χ2v) is 9.65. The number of benzene rings is 1. The standard InChI is InChI=1S/C23H30N4O4S2/c1-4-30-22(33)25-12-10-24(11-13-25)8-5-9-26-21(32)27(20(29)23(26,2)3)17-6-7-18-16(14-17)15-31-19(18)28/h6-7,14H,4-5,8-13,15H2,1-3H3. The van der Waals surface area contributed by atoms with Gasteiger partial charge in [0.05, 0.1) is 17.9 Å². The lowest BCUT2D eigenvalue weighted by Crippen LogP contribution is -2.49. The molecule has 1 amide bonds. The Bertz CT molecular complexity index is 975. The second-order valence-electron chi connectivity index (χ2n) is 8.93. The van der Waals surface area contributed by atoms with Gasteiger partial charge in [-0.1, -0.05) is 0 Å². The van der Waals surface area contributed by atoms with E-state index in [2.05, 4.69) is 9.80 Å². The Morgan fingerprint density at radius 2 is 1.88 bits per heavy atom. The molecule has 2 fully saturated rings. The number of carbonyl (C=O) groups is 2. The van der Waals surface area contributed by atoms with Gasteiger partial charge in [0.2, 0.25) is 0 Å². The molecule has 178 valence electrons. The summed E-state index contributed by atoms with van der Waals surface area (Å²) in [5.41, 5.74) is 1.28. The van der Waals surface area contributed by atoms with Crippen molar-refractivity contribution >= 4 is 52.3 Å². The molecule has 0 spiro atoms. The van der Waals surface area contributed by atoms with E-state index >= 15 is 0 Å². The van der Waals surface area contributed by atoms with Crippen molar-refractivity contribution in [2.24, 2.45) is 0 Å². The molecule has 0 aliphatic carbocycles. The lowest BCUT2D eigenvalue weighted by molar-refractivity contribution is -0.123. The van der Waals surface area contributed by atoms with E-state index in [9.17, 15) is 9.59 Å². The number of nitrogens with zero attached hydrogens (tertiary/aromatic N) is 4. The Morgan fingerprint density at radius 1 is 1.15 bits per heavy atom. The van der Waals surface area contributed by atoms with Crippen LogP contribution in [-0.4, -0.2) is 88.3 Å². The van der Waals surface area contributed by atoms with Gasteiger partial charge in [-0.3, -0.25) is 14.6 Å². The molecular weight excluding hydrogens is 460 g/mol. The quantitative estimate of drug-likeness (QED) is 0.442. The number of rotatable bonds is 6. The Hall–Kier alpha value is -2.30. The fraction of sp³-hybridized carbons (Fsp3) is 0.565. The van der Waals surface area contributed by atoms with Crippen molar-refractivity contribution < 1.29 is 19.1 Å². The molecule has 0 bridgehead atoms. The maximum atomic E-state index is 13.3. The Morgan fingerprint density at radius 3 is 2.58 bits per heavy atom. The normalized spacial score (nSPS) is 20.3. The van der Waals surface area contributed by atoms with E-state index in [0.717, 1.165) is 44.7 Å². The molecule has 3 aliphatic heterocycles. The van der Waals surface area contributed by atoms with E-state index in [4.69, 9.17) is 33.9 Å². The number of hydrogen-bond donors (Lipinski definition) is 0. The Labute approximate surface area is 205 Å². The Balaban J connectivity index is 1.35. The van der Waals surface area contributed by atoms with Crippen molar-refractivity contribution in [1.82, 2.24) is 14.7 Å². The number of hydrogen-bond acceptors (Lipinski definition) is 7. The van der Waals surface area contributed by atoms with Gasteiger partial charge >= 0.3 is 5.97 Å². The van der Waals surface area contributed by atoms with Crippen LogP contribution in [0.25, 0.3) is 0 Å². The van der Waals surface area contributed by atoms with Gasteiger partial charge < -0.3 is 19.3 Å². The van der Waals surface area contributed by atoms with Crippen LogP contribution in [0.2, 0.25) is 0 Å². The van der Waals surface area contributed by atoms with Crippen LogP contribution in [0.5, 0.6) is 0 Å². The summed E-state index contributed by atoms with van der Waals surface area (Å²) in [6.07, 6.45) is 0.896. The van der Waals surface area contributed by atoms with Gasteiger partial charge in [-0.25, -0.2) is 4.79 Å². The monoisotopic (exact) mass is 490 g/mol. The molecule has 0 unspecified atom stereocenters. The molecular formula is C23H30N4O4S2. The molecule has 3 heterocycles. The molecule has 2 saturated heterocycles. The molecule has 0 radical (unpaired) electrons. The maximum Gasteiger partial charge on any atom is 0.338 e. The lowest BCUT2D eigenvalue weighted by Gasteiger charge is -2.36. The minimum atomic E-state index is -0.731. The van der Waals surface area contributed by atoms with Crippen molar-refractivity contribution in [2.75, 3.05) is 50.8 Å². The minimum Gasteiger partial charge on any atom is -0.471 e. The molecule has 33 heavy (non-hydrogen) atoms. The van der Waals surface area contributed by atoms with Crippen molar-refractivity contribution in [1.29, 1.82) is 0 Å². The predicted molar refractivity (Wildman–Crippen MR) is 133 cm³/mol. The van der Waals surface area contributed by atoms with Crippen LogP contribution in [0.3, 0.4) is 0 Å². The first-order valence-electron chi connectivity index (χ1n) is 11.3. The molecule has 0 N–H and O–H groups in total. The fourth-order valence-electron chi connectivity index (χ4n) is 4.52. The number of esters is 1. The summed E-state index contributed by atoms with van der Waals surface area (Å²) in [5.74, 6) is -0.384. The number of cyclic esters (lactones) is 1. The van der Waals surface area contributed by atoms with E-state index in [-0.39, 0.29) is 18.5 Å². The number of thiocarbonyl (C=S) groups is 2. The highest BCUT2D eigenvalue weighted by atomic mass is 32.1. The van der Waals surface area contributed by atoms with Gasteiger partial charge in [0.25, 0.3) is 11.1 Å². The van der Waals surface area contributed by atoms with Gasteiger partial charge in [0.15, 0.2) is 5.11 Å². The average Bonchev–Trinajstić information content (AvgIpc) is 3.24. The molecule has 4 rings (SSSR count). The zero-order valence-electron chi connectivity index (χ0n) is 19.3. The van der Waals surface area contributed by atoms with E-state index in [1.54, 1.807) is 17.0 Å². The van der Waals surface area contributed by atoms with Gasteiger partial charge in [0, 0.05) is 38.3 Å². The smallest absolute Gasteiger partial charge is 0.338 e. The summed E-state index contributed by atoms with van der Waals surface area (Å²) in [5, 5.41) is 1.09. The second kappa shape index (κ2) is 9.52. The van der Waals surface area contributed by atoms with E-state index < -0.39 is 5.54 Å². The maximum absolute atomic E-state index is 13.3. The number of fused-ring (bicyclic) bond motifs is 1. The molecule has 1 aromatic rings. The first-order chi connectivity index (χ1) is 15.7. The fourth-order valence-corrected chi connectivity index (χ4v) is 5.33. The van der Waals surface area contributed by atoms with Crippen LogP contribution in [0.4, 0.5) is 5.69 Å². The molecule has 0 saturated carbocycles. The first kappa shape index (κ1) is 23.8. The average molecular weight is 491 g/mol. The Kier molecular flexibility index (Phi) is 6.88. The van der Waals surface area contributed by atoms with Crippen molar-refractivity contribution in [2.45, 2.75) is 39.3 Å². The van der Waals surface area contributed by atoms with Crippen molar-refractivity contribution in [3.8, 4) is 0 Å². The van der Waals surface area contributed by atoms with E-state index in [0.29, 0.717) is 34.7 Å². The minimum absolute atomic E-state index is 0.0595. The molecule has 0 aromatic heterocycles. The third-order valence-electron chi connectivity index (χ3n) is 6.50. The molecule has 10 heteroatoms. The highest BCUT2D eigenvalue weighted by molar-refractivity contribution is 7.80. The molecule has 1 aromatic carbocycles. The van der Waals surface area contributed by atoms with Crippen LogP contribution in [0, 0.1) is 0 Å². The van der Waals surface area contributed by atoms with E-state index in [1.807, 2.05) is 31.7 Å². The first-order valence-corrected chi connectivity index (χ1v) is 12.2. The third kappa shape index (κ3) is 4.56. The number of carbonyl (C=O) groups excluding carboxylic acids is 2. The number of amides is 1. The zero-order valence-corrected chi connectivity index (χ0v) is 21.0. The summed E-state index contributed by atoms with van der Waals surface area (Å²) >= 11 is 11.1. The van der Waals surface area contributed by atoms with Crippen LogP contribution in [0.1, 0.15) is 43.1 Å². The molecule has 8 nitrogen and oxygen atoms in total. The largest absolute Gasteiger partial charge is 0.471 e. The van der Waals surface area contributed by atoms with Crippen LogP contribution in [0.15, 0.2) is 18.2 Å². The SMILES string of the molecule is CCOC(=S)N1CCN(CCCN2C(=S)N(c3ccc4c(c3)COC4=O)C(=O)C2(C)C)CC1. The van der Waals surface area contributed by atoms with Gasteiger partial charge in [-0.15, -0.1) is 0 Å². The summed E-state index contributed by atoms with van der Waals surface area (Å²) in [7, 11) is 0. The van der Waals surface area contributed by atoms with Gasteiger partial charge in [-0.2, -0.15) is 0 Å².